The number of hydrogen-bond acceptors (Lipinski definition) is 4. The van der Waals surface area contributed by atoms with E-state index in [2.05, 4.69) is 10.6 Å². The Morgan fingerprint density at radius 2 is 2.30 bits per heavy atom. The molecule has 1 N–H and O–H groups in total. The van der Waals surface area contributed by atoms with E-state index in [1.807, 2.05) is 6.92 Å². The Morgan fingerprint density at radius 1 is 1.52 bits per heavy atom. The molecule has 2 rings (SSSR count). The maximum Gasteiger partial charge on any atom is 0.254 e. The number of rotatable bonds is 5. The number of sulfonamides is 1. The molecular formula is C16H20N2O4S. The van der Waals surface area contributed by atoms with Crippen LogP contribution in [-0.4, -0.2) is 51.6 Å². The molecule has 1 fully saturated rings. The number of amides is 1. The summed E-state index contributed by atoms with van der Waals surface area (Å²) in [6.45, 7) is 3.42. The van der Waals surface area contributed by atoms with Crippen LogP contribution in [0.4, 0.5) is 0 Å². The number of carbonyl (C=O) groups excluding carboxylic acids is 1. The molecule has 0 spiro atoms. The Morgan fingerprint density at radius 3 is 3.00 bits per heavy atom. The fourth-order valence-electron chi connectivity index (χ4n) is 2.35. The average Bonchev–Trinajstić information content (AvgIpc) is 2.59. The summed E-state index contributed by atoms with van der Waals surface area (Å²) in [5.41, 5.74) is 0.338. The molecule has 0 aromatic heterocycles. The van der Waals surface area contributed by atoms with Gasteiger partial charge in [0.15, 0.2) is 0 Å². The topological polar surface area (TPSA) is 75.7 Å². The molecule has 1 amide bonds. The highest BCUT2D eigenvalue weighted by Crippen LogP contribution is 2.16. The van der Waals surface area contributed by atoms with Crippen LogP contribution in [-0.2, 0) is 14.8 Å². The van der Waals surface area contributed by atoms with Gasteiger partial charge in [-0.05, 0) is 24.6 Å². The van der Waals surface area contributed by atoms with Gasteiger partial charge >= 0.3 is 0 Å². The Balaban J connectivity index is 2.19. The lowest BCUT2D eigenvalue weighted by atomic mass is 10.1. The molecule has 23 heavy (non-hydrogen) atoms. The van der Waals surface area contributed by atoms with Gasteiger partial charge < -0.3 is 9.64 Å². The molecule has 1 aromatic rings. The van der Waals surface area contributed by atoms with Crippen LogP contribution in [0.3, 0.4) is 0 Å². The fraction of sp³-hybridized carbons (Fsp3) is 0.438. The van der Waals surface area contributed by atoms with Crippen LogP contribution in [0.25, 0.3) is 0 Å². The van der Waals surface area contributed by atoms with Crippen LogP contribution in [0.2, 0.25) is 0 Å². The molecule has 1 unspecified atom stereocenters. The van der Waals surface area contributed by atoms with Gasteiger partial charge in [0.2, 0.25) is 10.0 Å². The third-order valence-corrected chi connectivity index (χ3v) is 5.04. The molecule has 1 aromatic carbocycles. The number of nitrogens with one attached hydrogen (secondary N) is 1. The maximum atomic E-state index is 12.6. The fourth-order valence-corrected chi connectivity index (χ4v) is 3.33. The molecule has 7 heteroatoms. The minimum Gasteiger partial charge on any atom is -0.375 e. The lowest BCUT2D eigenvalue weighted by molar-refractivity contribution is -0.0226. The van der Waals surface area contributed by atoms with E-state index in [0.29, 0.717) is 25.3 Å². The van der Waals surface area contributed by atoms with Gasteiger partial charge in [-0.2, -0.15) is 4.72 Å². The van der Waals surface area contributed by atoms with E-state index in [-0.39, 0.29) is 23.5 Å². The zero-order valence-corrected chi connectivity index (χ0v) is 13.8. The quantitative estimate of drug-likeness (QED) is 0.809. The van der Waals surface area contributed by atoms with Gasteiger partial charge in [0, 0.05) is 18.7 Å². The zero-order chi connectivity index (χ0) is 16.9. The van der Waals surface area contributed by atoms with Crippen LogP contribution in [0.15, 0.2) is 29.2 Å². The van der Waals surface area contributed by atoms with Crippen LogP contribution in [0, 0.1) is 12.3 Å². The molecule has 6 nitrogen and oxygen atoms in total. The normalized spacial score (nSPS) is 18.4. The first kappa shape index (κ1) is 17.5. The molecule has 0 saturated carbocycles. The molecule has 0 radical (unpaired) electrons. The van der Waals surface area contributed by atoms with Crippen molar-refractivity contribution in [2.75, 3.05) is 26.2 Å². The van der Waals surface area contributed by atoms with E-state index in [9.17, 15) is 13.2 Å². The van der Waals surface area contributed by atoms with Crippen LogP contribution < -0.4 is 4.72 Å². The van der Waals surface area contributed by atoms with Gasteiger partial charge in [-0.1, -0.05) is 18.9 Å². The van der Waals surface area contributed by atoms with E-state index in [1.54, 1.807) is 17.0 Å². The van der Waals surface area contributed by atoms with Gasteiger partial charge in [-0.15, -0.1) is 6.42 Å². The van der Waals surface area contributed by atoms with Crippen molar-refractivity contribution in [2.24, 2.45) is 0 Å². The maximum absolute atomic E-state index is 12.6. The lowest BCUT2D eigenvalue weighted by Gasteiger charge is -2.32. The highest BCUT2D eigenvalue weighted by molar-refractivity contribution is 7.89. The van der Waals surface area contributed by atoms with Crippen molar-refractivity contribution < 1.29 is 17.9 Å². The summed E-state index contributed by atoms with van der Waals surface area (Å²) in [5.74, 6) is 2.02. The van der Waals surface area contributed by atoms with E-state index in [1.165, 1.54) is 12.1 Å². The summed E-state index contributed by atoms with van der Waals surface area (Å²) in [4.78, 5) is 14.3. The predicted octanol–water partition coefficient (Wildman–Crippen LogP) is 0.849. The monoisotopic (exact) mass is 336 g/mol. The second-order valence-electron chi connectivity index (χ2n) is 5.21. The molecule has 0 bridgehead atoms. The lowest BCUT2D eigenvalue weighted by Crippen LogP contribution is -2.45. The number of carbonyl (C=O) groups is 1. The molecule has 1 saturated heterocycles. The Labute approximate surface area is 136 Å². The molecular weight excluding hydrogens is 316 g/mol. The molecule has 1 atom stereocenters. The summed E-state index contributed by atoms with van der Waals surface area (Å²) in [6.07, 6.45) is 5.92. The van der Waals surface area contributed by atoms with Gasteiger partial charge in [0.25, 0.3) is 5.91 Å². The van der Waals surface area contributed by atoms with Crippen molar-refractivity contribution in [3.8, 4) is 12.3 Å². The Kier molecular flexibility index (Phi) is 5.77. The van der Waals surface area contributed by atoms with E-state index >= 15 is 0 Å². The Bertz CT molecular complexity index is 709. The standard InChI is InChI=1S/C16H20N2O4S/c1-3-8-17-23(20,21)15-7-5-6-13(11-15)16(19)18-9-10-22-14(4-2)12-18/h1,5-7,11,14,17H,4,8-10,12H2,2H3. The van der Waals surface area contributed by atoms with Crippen molar-refractivity contribution in [3.05, 3.63) is 29.8 Å². The number of nitrogens with zero attached hydrogens (tertiary/aromatic N) is 1. The van der Waals surface area contributed by atoms with Crippen LogP contribution in [0.1, 0.15) is 23.7 Å². The van der Waals surface area contributed by atoms with Crippen molar-refractivity contribution in [2.45, 2.75) is 24.3 Å². The minimum absolute atomic E-state index is 0.0249. The van der Waals surface area contributed by atoms with E-state index in [0.717, 1.165) is 6.42 Å². The van der Waals surface area contributed by atoms with Crippen LogP contribution in [0.5, 0.6) is 0 Å². The van der Waals surface area contributed by atoms with E-state index < -0.39 is 10.0 Å². The molecule has 1 heterocycles. The number of morpholine rings is 1. The van der Waals surface area contributed by atoms with Gasteiger partial charge in [-0.25, -0.2) is 8.42 Å². The Hall–Kier alpha value is -1.88. The van der Waals surface area contributed by atoms with Gasteiger partial charge in [0.1, 0.15) is 0 Å². The SMILES string of the molecule is C#CCNS(=O)(=O)c1cccc(C(=O)N2CCOC(CC)C2)c1. The number of benzene rings is 1. The zero-order valence-electron chi connectivity index (χ0n) is 13.0. The van der Waals surface area contributed by atoms with Crippen molar-refractivity contribution in [1.82, 2.24) is 9.62 Å². The summed E-state index contributed by atoms with van der Waals surface area (Å²) in [5, 5.41) is 0. The summed E-state index contributed by atoms with van der Waals surface area (Å²) in [7, 11) is -3.71. The second kappa shape index (κ2) is 7.59. The second-order valence-corrected chi connectivity index (χ2v) is 6.98. The van der Waals surface area contributed by atoms with E-state index in [4.69, 9.17) is 11.2 Å². The van der Waals surface area contributed by atoms with Crippen molar-refractivity contribution in [1.29, 1.82) is 0 Å². The summed E-state index contributed by atoms with van der Waals surface area (Å²) >= 11 is 0. The molecule has 124 valence electrons. The number of terminal acetylenes is 1. The average molecular weight is 336 g/mol. The van der Waals surface area contributed by atoms with Crippen LogP contribution >= 0.6 is 0 Å². The molecule has 0 aliphatic carbocycles. The van der Waals surface area contributed by atoms with Crippen molar-refractivity contribution >= 4 is 15.9 Å². The number of hydrogen-bond donors (Lipinski definition) is 1. The first-order chi connectivity index (χ1) is 11.0. The third kappa shape index (κ3) is 4.32. The highest BCUT2D eigenvalue weighted by Gasteiger charge is 2.25. The first-order valence-corrected chi connectivity index (χ1v) is 8.90. The predicted molar refractivity (Wildman–Crippen MR) is 86.4 cm³/mol. The molecule has 1 aliphatic heterocycles. The molecule has 1 aliphatic rings. The summed E-state index contributed by atoms with van der Waals surface area (Å²) < 4.78 is 32.0. The number of ether oxygens (including phenoxy) is 1. The smallest absolute Gasteiger partial charge is 0.254 e. The highest BCUT2D eigenvalue weighted by atomic mass is 32.2. The summed E-state index contributed by atoms with van der Waals surface area (Å²) in [6, 6.07) is 5.97. The third-order valence-electron chi connectivity index (χ3n) is 3.64. The largest absolute Gasteiger partial charge is 0.375 e. The van der Waals surface area contributed by atoms with Crippen molar-refractivity contribution in [3.63, 3.8) is 0 Å². The minimum atomic E-state index is -3.71. The first-order valence-electron chi connectivity index (χ1n) is 7.42. The van der Waals surface area contributed by atoms with Gasteiger partial charge in [0.05, 0.1) is 24.2 Å². The van der Waals surface area contributed by atoms with Gasteiger partial charge in [-0.3, -0.25) is 4.79 Å².